The second kappa shape index (κ2) is 26.5. The first-order valence-corrected chi connectivity index (χ1v) is 26.9. The van der Waals surface area contributed by atoms with Crippen LogP contribution in [0.1, 0.15) is 55.6 Å². The summed E-state index contributed by atoms with van der Waals surface area (Å²) in [6.45, 7) is 4.23. The molecular weight excluding hydrogens is 1040 g/mol. The van der Waals surface area contributed by atoms with Crippen molar-refractivity contribution in [3.8, 4) is 46.0 Å². The van der Waals surface area contributed by atoms with E-state index in [-0.39, 0.29) is 0 Å². The van der Waals surface area contributed by atoms with E-state index in [0.29, 0.717) is 127 Å². The van der Waals surface area contributed by atoms with Gasteiger partial charge in [-0.3, -0.25) is 0 Å². The largest absolute Gasteiger partial charge is 0.491 e. The van der Waals surface area contributed by atoms with Crippen molar-refractivity contribution < 1.29 is 47.4 Å². The van der Waals surface area contributed by atoms with Gasteiger partial charge in [0.2, 0.25) is 0 Å². The Kier molecular flexibility index (Phi) is 18.7. The van der Waals surface area contributed by atoms with Gasteiger partial charge < -0.3 is 47.4 Å². The Hall–Kier alpha value is -6.18. The molecule has 0 saturated carbocycles. The standard InChI is InChI=1S/C60H60Br2O10/c61-41-51-11-1-3-21-53(51)65-33-35-71-59-47-17-9-18-48(59)38-44-14-8-16-46-40-50-20-10-19-49(60(50)72-36-34-66-54-22-4-2-12-52(54)42-62)39-45-15-7-13-43(37-47)57(45)69-31-27-63-25-29-67-55-23-5-6-24-56(55)68-30-26-64-28-32-70-58(44)46/h1-24H,25-42H2. The van der Waals surface area contributed by atoms with Gasteiger partial charge in [-0.25, -0.2) is 0 Å². The highest BCUT2D eigenvalue weighted by Crippen LogP contribution is 2.39. The Morgan fingerprint density at radius 3 is 1.01 bits per heavy atom. The molecule has 0 amide bonds. The lowest BCUT2D eigenvalue weighted by atomic mass is 9.91. The van der Waals surface area contributed by atoms with Gasteiger partial charge in [-0.2, -0.15) is 0 Å². The van der Waals surface area contributed by atoms with Gasteiger partial charge in [0.15, 0.2) is 11.5 Å². The fraction of sp³-hybridized carbons (Fsp3) is 0.300. The molecule has 1 aliphatic carbocycles. The van der Waals surface area contributed by atoms with Crippen LogP contribution in [-0.4, -0.2) is 79.3 Å². The van der Waals surface area contributed by atoms with Crippen LogP contribution >= 0.6 is 31.9 Å². The van der Waals surface area contributed by atoms with Gasteiger partial charge in [-0.15, -0.1) is 0 Å². The van der Waals surface area contributed by atoms with E-state index in [1.165, 1.54) is 0 Å². The maximum Gasteiger partial charge on any atom is 0.161 e. The molecule has 10 bridgehead atoms. The molecule has 7 aromatic rings. The van der Waals surface area contributed by atoms with Crippen LogP contribution in [0.4, 0.5) is 0 Å². The van der Waals surface area contributed by atoms with Crippen molar-refractivity contribution in [2.75, 3.05) is 79.3 Å². The van der Waals surface area contributed by atoms with Gasteiger partial charge >= 0.3 is 0 Å². The SMILES string of the molecule is BrCc1ccccc1OCCOc1c2cccc1Cc1cccc3c1OCCOCCOc1ccccc1OCCOCCOc1c(cccc1Cc1cccc(c1OCCOc1ccccc1CBr)C3)C2. The van der Waals surface area contributed by atoms with Crippen molar-refractivity contribution >= 4 is 31.9 Å². The topological polar surface area (TPSA) is 92.3 Å². The van der Waals surface area contributed by atoms with Crippen molar-refractivity contribution in [1.82, 2.24) is 0 Å². The Bertz CT molecular complexity index is 2580. The molecule has 0 N–H and O–H groups in total. The van der Waals surface area contributed by atoms with Crippen molar-refractivity contribution in [2.45, 2.75) is 36.3 Å². The molecule has 7 aromatic carbocycles. The summed E-state index contributed by atoms with van der Waals surface area (Å²) in [4.78, 5) is 0. The van der Waals surface area contributed by atoms with Crippen LogP contribution in [0.2, 0.25) is 0 Å². The van der Waals surface area contributed by atoms with E-state index >= 15 is 0 Å². The lowest BCUT2D eigenvalue weighted by Crippen LogP contribution is -2.15. The van der Waals surface area contributed by atoms with Gasteiger partial charge in [0.1, 0.15) is 87.4 Å². The molecule has 3 aliphatic rings. The third-order valence-corrected chi connectivity index (χ3v) is 13.6. The summed E-state index contributed by atoms with van der Waals surface area (Å²) in [7, 11) is 0. The van der Waals surface area contributed by atoms with Crippen LogP contribution in [0.5, 0.6) is 46.0 Å². The maximum atomic E-state index is 6.86. The highest BCUT2D eigenvalue weighted by Gasteiger charge is 2.22. The molecule has 2 heterocycles. The van der Waals surface area contributed by atoms with E-state index in [1.54, 1.807) is 0 Å². The average molecular weight is 1100 g/mol. The molecule has 0 fully saturated rings. The summed E-state index contributed by atoms with van der Waals surface area (Å²) in [5, 5.41) is 1.39. The maximum absolute atomic E-state index is 6.86. The molecule has 374 valence electrons. The molecule has 2 aliphatic heterocycles. The minimum absolute atomic E-state index is 0.328. The van der Waals surface area contributed by atoms with Crippen molar-refractivity contribution in [3.63, 3.8) is 0 Å². The first-order valence-electron chi connectivity index (χ1n) is 24.6. The summed E-state index contributed by atoms with van der Waals surface area (Å²) in [5.41, 5.74) is 10.4. The zero-order valence-electron chi connectivity index (χ0n) is 40.4. The monoisotopic (exact) mass is 1100 g/mol. The number of rotatable bonds is 12. The van der Waals surface area contributed by atoms with E-state index in [4.69, 9.17) is 47.4 Å². The minimum Gasteiger partial charge on any atom is -0.491 e. The summed E-state index contributed by atoms with van der Waals surface area (Å²) in [5.74, 6) is 6.21. The Morgan fingerprint density at radius 2 is 0.639 bits per heavy atom. The van der Waals surface area contributed by atoms with E-state index in [2.05, 4.69) is 117 Å². The summed E-state index contributed by atoms with van der Waals surface area (Å²) < 4.78 is 64.5. The first kappa shape index (κ1) is 50.7. The number of hydrogen-bond acceptors (Lipinski definition) is 10. The van der Waals surface area contributed by atoms with Gasteiger partial charge in [-0.1, -0.05) is 153 Å². The normalized spacial score (nSPS) is 14.2. The van der Waals surface area contributed by atoms with Gasteiger partial charge in [0.05, 0.1) is 26.4 Å². The molecule has 0 aromatic heterocycles. The molecule has 0 radical (unpaired) electrons. The molecule has 10 rings (SSSR count). The number of ether oxygens (including phenoxy) is 10. The third kappa shape index (κ3) is 13.5. The number of alkyl halides is 2. The Labute approximate surface area is 439 Å². The molecule has 0 spiro atoms. The third-order valence-electron chi connectivity index (χ3n) is 12.4. The predicted octanol–water partition coefficient (Wildman–Crippen LogP) is 12.3. The molecule has 72 heavy (non-hydrogen) atoms. The van der Waals surface area contributed by atoms with Crippen molar-refractivity contribution in [1.29, 1.82) is 0 Å². The highest BCUT2D eigenvalue weighted by molar-refractivity contribution is 9.08. The van der Waals surface area contributed by atoms with E-state index in [1.807, 2.05) is 60.7 Å². The van der Waals surface area contributed by atoms with Crippen LogP contribution in [0.15, 0.2) is 146 Å². The number of hydrogen-bond donors (Lipinski definition) is 0. The number of fused-ring (bicyclic) bond motifs is 12. The molecule has 0 unspecified atom stereocenters. The molecular formula is C60H60Br2O10. The van der Waals surface area contributed by atoms with Crippen molar-refractivity contribution in [2.24, 2.45) is 0 Å². The van der Waals surface area contributed by atoms with Crippen LogP contribution in [0.3, 0.4) is 0 Å². The number of benzene rings is 7. The molecule has 0 saturated heterocycles. The highest BCUT2D eigenvalue weighted by atomic mass is 79.9. The van der Waals surface area contributed by atoms with Gasteiger partial charge in [0, 0.05) is 47.5 Å². The lowest BCUT2D eigenvalue weighted by Gasteiger charge is -2.23. The van der Waals surface area contributed by atoms with Crippen LogP contribution < -0.4 is 37.9 Å². The fourth-order valence-corrected chi connectivity index (χ4v) is 9.97. The van der Waals surface area contributed by atoms with Crippen LogP contribution in [0, 0.1) is 0 Å². The number of para-hydroxylation sites is 8. The lowest BCUT2D eigenvalue weighted by molar-refractivity contribution is 0.0695. The smallest absolute Gasteiger partial charge is 0.161 e. The zero-order chi connectivity index (χ0) is 49.2. The van der Waals surface area contributed by atoms with Crippen LogP contribution in [0.25, 0.3) is 0 Å². The van der Waals surface area contributed by atoms with E-state index < -0.39 is 0 Å². The molecule has 10 nitrogen and oxygen atoms in total. The second-order valence-corrected chi connectivity index (χ2v) is 18.4. The fourth-order valence-electron chi connectivity index (χ4n) is 9.05. The van der Waals surface area contributed by atoms with Gasteiger partial charge in [-0.05, 0) is 68.8 Å². The van der Waals surface area contributed by atoms with Crippen molar-refractivity contribution in [3.05, 3.63) is 201 Å². The Balaban J connectivity index is 1.10. The van der Waals surface area contributed by atoms with E-state index in [9.17, 15) is 0 Å². The predicted molar refractivity (Wildman–Crippen MR) is 287 cm³/mol. The second-order valence-electron chi connectivity index (χ2n) is 17.3. The molecule has 12 heteroatoms. The summed E-state index contributed by atoms with van der Waals surface area (Å²) in [6.07, 6.45) is 2.20. The van der Waals surface area contributed by atoms with Gasteiger partial charge in [0.25, 0.3) is 0 Å². The zero-order valence-corrected chi connectivity index (χ0v) is 43.6. The van der Waals surface area contributed by atoms with Crippen LogP contribution in [-0.2, 0) is 45.8 Å². The Morgan fingerprint density at radius 1 is 0.319 bits per heavy atom. The summed E-state index contributed by atoms with van der Waals surface area (Å²) >= 11 is 7.21. The van der Waals surface area contributed by atoms with E-state index in [0.717, 1.165) is 90.1 Å². The number of halogens is 2. The molecule has 0 atom stereocenters. The first-order chi connectivity index (χ1) is 35.6. The average Bonchev–Trinajstić information content (AvgIpc) is 3.40. The quantitative estimate of drug-likeness (QED) is 0.0669. The summed E-state index contributed by atoms with van der Waals surface area (Å²) in [6, 6.07) is 49.4. The minimum atomic E-state index is 0.328.